The maximum absolute atomic E-state index is 13.4. The Morgan fingerprint density at radius 1 is 0.757 bits per heavy atom. The predicted molar refractivity (Wildman–Crippen MR) is 151 cm³/mol. The van der Waals surface area contributed by atoms with Gasteiger partial charge in [-0.2, -0.15) is 0 Å². The first kappa shape index (κ1) is 31.3. The van der Waals surface area contributed by atoms with E-state index in [9.17, 15) is 8.42 Å². The summed E-state index contributed by atoms with van der Waals surface area (Å²) in [5, 5.41) is 3.67. The van der Waals surface area contributed by atoms with Gasteiger partial charge in [0.15, 0.2) is 0 Å². The molecular weight excluding hydrogens is 567 g/mol. The van der Waals surface area contributed by atoms with E-state index in [0.29, 0.717) is 13.1 Å². The third-order valence-electron chi connectivity index (χ3n) is 6.60. The Labute approximate surface area is 237 Å². The van der Waals surface area contributed by atoms with Crippen LogP contribution in [-0.4, -0.2) is 32.4 Å². The number of unbranched alkanes of at least 4 members (excludes halogenated alkanes) is 1. The van der Waals surface area contributed by atoms with Gasteiger partial charge < -0.3 is 17.5 Å². The zero-order valence-electron chi connectivity index (χ0n) is 21.7. The predicted octanol–water partition coefficient (Wildman–Crippen LogP) is 6.37. The van der Waals surface area contributed by atoms with Crippen LogP contribution in [0, 0.1) is 7.43 Å². The number of nitrogens with zero attached hydrogens (tertiary/aromatic N) is 2. The Balaban J connectivity index is 0.00000241. The van der Waals surface area contributed by atoms with Gasteiger partial charge in [0.25, 0.3) is 0 Å². The van der Waals surface area contributed by atoms with Crippen LogP contribution in [0.25, 0.3) is 4.72 Å². The van der Waals surface area contributed by atoms with Crippen LogP contribution in [-0.2, 0) is 36.1 Å². The molecule has 1 saturated heterocycles. The van der Waals surface area contributed by atoms with Gasteiger partial charge in [-0.25, -0.2) is 12.7 Å². The van der Waals surface area contributed by atoms with E-state index in [1.807, 2.05) is 54.6 Å². The molecule has 1 radical (unpaired) electrons. The summed E-state index contributed by atoms with van der Waals surface area (Å²) in [6.45, 7) is 1.89. The third kappa shape index (κ3) is 9.42. The molecule has 0 bridgehead atoms. The van der Waals surface area contributed by atoms with Crippen molar-refractivity contribution in [1.82, 2.24) is 9.62 Å². The number of piperidine rings is 1. The first-order valence-electron chi connectivity index (χ1n) is 12.7. The van der Waals surface area contributed by atoms with Crippen molar-refractivity contribution in [3.63, 3.8) is 0 Å². The second-order valence-corrected chi connectivity index (χ2v) is 10.8. The number of benzene rings is 3. The van der Waals surface area contributed by atoms with Crippen LogP contribution in [0.1, 0.15) is 60.9 Å². The van der Waals surface area contributed by atoms with Crippen molar-refractivity contribution in [2.75, 3.05) is 19.6 Å². The second kappa shape index (κ2) is 16.2. The summed E-state index contributed by atoms with van der Waals surface area (Å²) in [4.78, 5) is 0. The van der Waals surface area contributed by atoms with Crippen LogP contribution >= 0.6 is 0 Å². The van der Waals surface area contributed by atoms with Crippen molar-refractivity contribution >= 4 is 10.2 Å². The molecule has 1 N–H and O–H groups in total. The summed E-state index contributed by atoms with van der Waals surface area (Å²) >= 11 is 0. The average molecular weight is 608 g/mol. The van der Waals surface area contributed by atoms with Crippen molar-refractivity contribution in [2.24, 2.45) is 0 Å². The van der Waals surface area contributed by atoms with Crippen LogP contribution in [0.2, 0.25) is 0 Å². The van der Waals surface area contributed by atoms with E-state index < -0.39 is 16.3 Å². The van der Waals surface area contributed by atoms with Crippen molar-refractivity contribution in [1.29, 1.82) is 0 Å². The zero-order valence-corrected chi connectivity index (χ0v) is 24.4. The molecule has 0 aliphatic carbocycles. The van der Waals surface area contributed by atoms with Gasteiger partial charge in [-0.05, 0) is 49.8 Å². The molecule has 0 saturated carbocycles. The van der Waals surface area contributed by atoms with E-state index in [1.54, 1.807) is 4.31 Å². The molecule has 1 heterocycles. The van der Waals surface area contributed by atoms with Gasteiger partial charge in [0.05, 0.1) is 0 Å². The van der Waals surface area contributed by atoms with E-state index in [-0.39, 0.29) is 32.9 Å². The summed E-state index contributed by atoms with van der Waals surface area (Å²) in [6, 6.07) is 29.7. The molecule has 0 unspecified atom stereocenters. The first-order valence-corrected chi connectivity index (χ1v) is 14.1. The van der Waals surface area contributed by atoms with E-state index in [1.165, 1.54) is 5.56 Å². The molecule has 0 amide bonds. The standard InChI is InChI=1S/C29H36N3O2S.CH3.Ru.H/c33-35(34,32-23-13-4-14-24-32)31-29(27-20-9-3-10-21-27)28(26-18-7-2-8-19-26)30-22-12-11-17-25-15-5-1-6-16-25;;;/h1-3,5-10,15-16,18-21,28-30H,4,11-14,17,22-24H2;1H3;;/q2*-1;+3;/t28-,29-;;;/m0.../s1. The van der Waals surface area contributed by atoms with Gasteiger partial charge in [0.1, 0.15) is 10.2 Å². The quantitative estimate of drug-likeness (QED) is 0.148. The van der Waals surface area contributed by atoms with Crippen molar-refractivity contribution in [2.45, 2.75) is 50.6 Å². The Morgan fingerprint density at radius 2 is 1.30 bits per heavy atom. The van der Waals surface area contributed by atoms with Crippen LogP contribution in [0.15, 0.2) is 91.0 Å². The van der Waals surface area contributed by atoms with Crippen molar-refractivity contribution in [3.05, 3.63) is 120 Å². The molecule has 7 heteroatoms. The number of hydrogen-bond donors (Lipinski definition) is 1. The Kier molecular flexibility index (Phi) is 13.7. The summed E-state index contributed by atoms with van der Waals surface area (Å²) < 4.78 is 32.9. The molecule has 0 spiro atoms. The first-order chi connectivity index (χ1) is 17.1. The van der Waals surface area contributed by atoms with Crippen LogP contribution in [0.5, 0.6) is 0 Å². The van der Waals surface area contributed by atoms with E-state index in [2.05, 4.69) is 46.4 Å². The third-order valence-corrected chi connectivity index (χ3v) is 8.11. The Bertz CT molecular complexity index is 1110. The molecular formula is C30H40N3O2RuS+. The van der Waals surface area contributed by atoms with Gasteiger partial charge in [-0.15, -0.1) is 0 Å². The number of hydrogen-bond acceptors (Lipinski definition) is 3. The molecule has 1 fully saturated rings. The van der Waals surface area contributed by atoms with E-state index in [0.717, 1.165) is 56.2 Å². The molecule has 4 rings (SSSR count). The fraction of sp³-hybridized carbons (Fsp3) is 0.367. The van der Waals surface area contributed by atoms with Gasteiger partial charge in [0, 0.05) is 19.1 Å². The fourth-order valence-corrected chi connectivity index (χ4v) is 6.08. The molecule has 1 aliphatic rings. The Morgan fingerprint density at radius 3 is 1.89 bits per heavy atom. The molecule has 3 aromatic rings. The van der Waals surface area contributed by atoms with E-state index in [4.69, 9.17) is 0 Å². The average Bonchev–Trinajstić information content (AvgIpc) is 2.92. The number of nitrogens with one attached hydrogen (secondary N) is 1. The van der Waals surface area contributed by atoms with Gasteiger partial charge in [-0.3, -0.25) is 0 Å². The monoisotopic (exact) mass is 608 g/mol. The van der Waals surface area contributed by atoms with Crippen LogP contribution in [0.3, 0.4) is 0 Å². The minimum absolute atomic E-state index is 0. The normalized spacial score (nSPS) is 15.7. The van der Waals surface area contributed by atoms with Crippen LogP contribution in [0.4, 0.5) is 0 Å². The summed E-state index contributed by atoms with van der Waals surface area (Å²) in [5.74, 6) is 0. The SMILES string of the molecule is O=S(=O)([N-][C@@H](c1ccccc1)[C@@H](NCCCCc1ccccc1)c1ccccc1)N1CCCCC1.[CH3-].[RuH+3]. The van der Waals surface area contributed by atoms with Crippen molar-refractivity contribution in [3.8, 4) is 0 Å². The van der Waals surface area contributed by atoms with Crippen LogP contribution < -0.4 is 5.32 Å². The number of aryl methyl sites for hydroxylation is 1. The van der Waals surface area contributed by atoms with E-state index >= 15 is 0 Å². The molecule has 3 aromatic carbocycles. The van der Waals surface area contributed by atoms with Gasteiger partial charge in [0.2, 0.25) is 0 Å². The molecule has 0 aromatic heterocycles. The summed E-state index contributed by atoms with van der Waals surface area (Å²) in [6.07, 6.45) is 5.97. The maximum atomic E-state index is 13.4. The fourth-order valence-electron chi connectivity index (χ4n) is 4.70. The minimum atomic E-state index is -3.74. The summed E-state index contributed by atoms with van der Waals surface area (Å²) in [7, 11) is -3.74. The summed E-state index contributed by atoms with van der Waals surface area (Å²) in [5.41, 5.74) is 3.29. The van der Waals surface area contributed by atoms with Gasteiger partial charge >= 0.3 is 19.5 Å². The Hall–Kier alpha value is -1.89. The molecule has 200 valence electrons. The molecule has 2 atom stereocenters. The van der Waals surface area contributed by atoms with Gasteiger partial charge in [-0.1, -0.05) is 109 Å². The molecule has 5 nitrogen and oxygen atoms in total. The van der Waals surface area contributed by atoms with Crippen molar-refractivity contribution < 1.29 is 27.9 Å². The topological polar surface area (TPSA) is 63.5 Å². The zero-order chi connectivity index (χ0) is 24.3. The molecule has 37 heavy (non-hydrogen) atoms. The number of rotatable bonds is 12. The second-order valence-electron chi connectivity index (χ2n) is 9.18. The molecule has 1 aliphatic heterocycles.